The van der Waals surface area contributed by atoms with Gasteiger partial charge in [0.25, 0.3) is 5.91 Å². The monoisotopic (exact) mass is 302 g/mol. The van der Waals surface area contributed by atoms with E-state index in [9.17, 15) is 9.18 Å². The van der Waals surface area contributed by atoms with Gasteiger partial charge in [0.1, 0.15) is 5.82 Å². The van der Waals surface area contributed by atoms with Crippen LogP contribution in [0.25, 0.3) is 0 Å². The lowest BCUT2D eigenvalue weighted by Gasteiger charge is -2.16. The first-order chi connectivity index (χ1) is 10.6. The van der Waals surface area contributed by atoms with Crippen LogP contribution in [0.4, 0.5) is 16.0 Å². The van der Waals surface area contributed by atoms with Crippen LogP contribution in [0.1, 0.15) is 30.1 Å². The third-order valence-corrected chi connectivity index (χ3v) is 3.17. The van der Waals surface area contributed by atoms with Crippen LogP contribution in [0.2, 0.25) is 0 Å². The van der Waals surface area contributed by atoms with Gasteiger partial charge in [-0.3, -0.25) is 4.79 Å². The Bertz CT molecular complexity index is 630. The van der Waals surface area contributed by atoms with E-state index in [0.717, 1.165) is 19.4 Å². The van der Waals surface area contributed by atoms with E-state index in [1.54, 1.807) is 6.07 Å². The summed E-state index contributed by atoms with van der Waals surface area (Å²) in [5, 5.41) is 2.61. The maximum Gasteiger partial charge on any atom is 0.258 e. The number of halogens is 1. The summed E-state index contributed by atoms with van der Waals surface area (Å²) < 4.78 is 13.1. The second-order valence-corrected chi connectivity index (χ2v) is 5.01. The minimum Gasteiger partial charge on any atom is -0.344 e. The number of carbonyl (C=O) groups is 1. The number of amides is 1. The highest BCUT2D eigenvalue weighted by atomic mass is 19.1. The molecule has 2 rings (SSSR count). The average Bonchev–Trinajstić information content (AvgIpc) is 2.52. The van der Waals surface area contributed by atoms with Crippen molar-refractivity contribution >= 4 is 17.5 Å². The van der Waals surface area contributed by atoms with E-state index in [1.165, 1.54) is 30.6 Å². The van der Waals surface area contributed by atoms with E-state index in [4.69, 9.17) is 0 Å². The van der Waals surface area contributed by atoms with Crippen LogP contribution in [0.5, 0.6) is 0 Å². The summed E-state index contributed by atoms with van der Waals surface area (Å²) in [5.74, 6) is -0.189. The smallest absolute Gasteiger partial charge is 0.258 e. The Balaban J connectivity index is 2.02. The Kier molecular flexibility index (Phi) is 5.41. The summed E-state index contributed by atoms with van der Waals surface area (Å²) in [6.07, 6.45) is 5.10. The molecular weight excluding hydrogens is 283 g/mol. The molecule has 0 atom stereocenters. The van der Waals surface area contributed by atoms with Gasteiger partial charge < -0.3 is 10.2 Å². The lowest BCUT2D eigenvalue weighted by Crippen LogP contribution is -2.21. The average molecular weight is 302 g/mol. The van der Waals surface area contributed by atoms with Gasteiger partial charge in [-0.25, -0.2) is 14.4 Å². The number of benzene rings is 1. The predicted molar refractivity (Wildman–Crippen MR) is 84.6 cm³/mol. The Labute approximate surface area is 129 Å². The Morgan fingerprint density at radius 3 is 2.68 bits per heavy atom. The molecule has 0 saturated carbocycles. The van der Waals surface area contributed by atoms with Crippen molar-refractivity contribution in [3.8, 4) is 0 Å². The number of carbonyl (C=O) groups excluding carboxylic acids is 1. The largest absolute Gasteiger partial charge is 0.344 e. The maximum absolute atomic E-state index is 13.1. The highest BCUT2D eigenvalue weighted by molar-refractivity contribution is 6.03. The van der Waals surface area contributed by atoms with Crippen molar-refractivity contribution in [2.24, 2.45) is 0 Å². The predicted octanol–water partition coefficient (Wildman–Crippen LogP) is 3.10. The normalized spacial score (nSPS) is 10.3. The van der Waals surface area contributed by atoms with Crippen molar-refractivity contribution in [2.45, 2.75) is 19.8 Å². The SMILES string of the molecule is CCCCN(C)c1ncc(C(=O)Nc2cccc(F)c2)cn1. The lowest BCUT2D eigenvalue weighted by molar-refractivity contribution is 0.102. The molecule has 0 spiro atoms. The van der Waals surface area contributed by atoms with E-state index in [1.807, 2.05) is 11.9 Å². The zero-order valence-electron chi connectivity index (χ0n) is 12.7. The molecule has 1 heterocycles. The van der Waals surface area contributed by atoms with Gasteiger partial charge in [-0.1, -0.05) is 19.4 Å². The van der Waals surface area contributed by atoms with Gasteiger partial charge in [0.2, 0.25) is 5.95 Å². The fourth-order valence-corrected chi connectivity index (χ4v) is 1.90. The molecule has 22 heavy (non-hydrogen) atoms. The summed E-state index contributed by atoms with van der Waals surface area (Å²) >= 11 is 0. The van der Waals surface area contributed by atoms with Crippen molar-refractivity contribution in [2.75, 3.05) is 23.8 Å². The van der Waals surface area contributed by atoms with Crippen LogP contribution in [-0.4, -0.2) is 29.5 Å². The van der Waals surface area contributed by atoms with Crippen molar-refractivity contribution in [1.29, 1.82) is 0 Å². The van der Waals surface area contributed by atoms with Crippen molar-refractivity contribution < 1.29 is 9.18 Å². The van der Waals surface area contributed by atoms with E-state index >= 15 is 0 Å². The fourth-order valence-electron chi connectivity index (χ4n) is 1.90. The van der Waals surface area contributed by atoms with Crippen LogP contribution < -0.4 is 10.2 Å². The van der Waals surface area contributed by atoms with E-state index in [0.29, 0.717) is 17.2 Å². The zero-order chi connectivity index (χ0) is 15.9. The second kappa shape index (κ2) is 7.49. The molecule has 0 bridgehead atoms. The number of anilines is 2. The van der Waals surface area contributed by atoms with Gasteiger partial charge in [-0.05, 0) is 24.6 Å². The highest BCUT2D eigenvalue weighted by Gasteiger charge is 2.09. The van der Waals surface area contributed by atoms with Gasteiger partial charge in [0.05, 0.1) is 5.56 Å². The molecule has 6 heteroatoms. The Hall–Kier alpha value is -2.50. The number of hydrogen-bond acceptors (Lipinski definition) is 4. The lowest BCUT2D eigenvalue weighted by atomic mass is 10.2. The number of aromatic nitrogens is 2. The molecule has 116 valence electrons. The van der Waals surface area contributed by atoms with Gasteiger partial charge in [-0.2, -0.15) is 0 Å². The topological polar surface area (TPSA) is 58.1 Å². The number of nitrogens with one attached hydrogen (secondary N) is 1. The quantitative estimate of drug-likeness (QED) is 0.891. The number of hydrogen-bond donors (Lipinski definition) is 1. The molecule has 0 unspecified atom stereocenters. The number of unbranched alkanes of at least 4 members (excludes halogenated alkanes) is 1. The van der Waals surface area contributed by atoms with Crippen LogP contribution in [0, 0.1) is 5.82 Å². The first-order valence-electron chi connectivity index (χ1n) is 7.20. The zero-order valence-corrected chi connectivity index (χ0v) is 12.7. The van der Waals surface area contributed by atoms with E-state index in [-0.39, 0.29) is 5.91 Å². The molecule has 0 aliphatic carbocycles. The van der Waals surface area contributed by atoms with Gasteiger partial charge in [0.15, 0.2) is 0 Å². The Morgan fingerprint density at radius 1 is 1.32 bits per heavy atom. The van der Waals surface area contributed by atoms with Gasteiger partial charge in [0, 0.05) is 31.7 Å². The van der Waals surface area contributed by atoms with Crippen LogP contribution in [0.15, 0.2) is 36.7 Å². The maximum atomic E-state index is 13.1. The fraction of sp³-hybridized carbons (Fsp3) is 0.312. The highest BCUT2D eigenvalue weighted by Crippen LogP contribution is 2.12. The van der Waals surface area contributed by atoms with Crippen LogP contribution in [0.3, 0.4) is 0 Å². The molecule has 1 amide bonds. The molecular formula is C16H19FN4O. The molecule has 1 N–H and O–H groups in total. The molecule has 1 aromatic heterocycles. The van der Waals surface area contributed by atoms with Crippen LogP contribution >= 0.6 is 0 Å². The molecule has 0 aliphatic heterocycles. The first kappa shape index (κ1) is 15.9. The molecule has 5 nitrogen and oxygen atoms in total. The molecule has 0 aliphatic rings. The summed E-state index contributed by atoms with van der Waals surface area (Å²) in [7, 11) is 1.91. The third kappa shape index (κ3) is 4.25. The Morgan fingerprint density at radius 2 is 2.05 bits per heavy atom. The van der Waals surface area contributed by atoms with E-state index < -0.39 is 5.82 Å². The summed E-state index contributed by atoms with van der Waals surface area (Å²) in [5.41, 5.74) is 0.728. The van der Waals surface area contributed by atoms with Crippen molar-refractivity contribution in [1.82, 2.24) is 9.97 Å². The molecule has 0 radical (unpaired) electrons. The summed E-state index contributed by atoms with van der Waals surface area (Å²) in [4.78, 5) is 22.4. The third-order valence-electron chi connectivity index (χ3n) is 3.17. The van der Waals surface area contributed by atoms with Crippen molar-refractivity contribution in [3.63, 3.8) is 0 Å². The minimum atomic E-state index is -0.401. The number of rotatable bonds is 6. The van der Waals surface area contributed by atoms with Gasteiger partial charge in [-0.15, -0.1) is 0 Å². The first-order valence-corrected chi connectivity index (χ1v) is 7.20. The molecule has 0 fully saturated rings. The van der Waals surface area contributed by atoms with Crippen molar-refractivity contribution in [3.05, 3.63) is 48.0 Å². The number of nitrogens with zero attached hydrogens (tertiary/aromatic N) is 3. The molecule has 2 aromatic rings. The van der Waals surface area contributed by atoms with E-state index in [2.05, 4.69) is 22.2 Å². The minimum absolute atomic E-state index is 0.330. The standard InChI is InChI=1S/C16H19FN4O/c1-3-4-8-21(2)16-18-10-12(11-19-16)15(22)20-14-7-5-6-13(17)9-14/h5-7,9-11H,3-4,8H2,1-2H3,(H,20,22). The molecule has 1 aromatic carbocycles. The summed E-state index contributed by atoms with van der Waals surface area (Å²) in [6.45, 7) is 2.99. The molecule has 0 saturated heterocycles. The van der Waals surface area contributed by atoms with Gasteiger partial charge >= 0.3 is 0 Å². The second-order valence-electron chi connectivity index (χ2n) is 5.01. The summed E-state index contributed by atoms with van der Waals surface area (Å²) in [6, 6.07) is 5.73. The van der Waals surface area contributed by atoms with Crippen LogP contribution in [-0.2, 0) is 0 Å².